The first-order chi connectivity index (χ1) is 8.92. The molecule has 0 aromatic rings. The highest BCUT2D eigenvalue weighted by atomic mass is 16.5. The van der Waals surface area contributed by atoms with Gasteiger partial charge in [0.05, 0.1) is 24.2 Å². The van der Waals surface area contributed by atoms with Gasteiger partial charge in [-0.15, -0.1) is 0 Å². The van der Waals surface area contributed by atoms with Crippen LogP contribution in [-0.2, 0) is 9.53 Å². The van der Waals surface area contributed by atoms with Gasteiger partial charge in [0, 0.05) is 6.54 Å². The molecule has 0 radical (unpaired) electrons. The highest BCUT2D eigenvalue weighted by Gasteiger charge is 2.41. The Bertz CT molecular complexity index is 291. The van der Waals surface area contributed by atoms with Gasteiger partial charge in [0.25, 0.3) is 0 Å². The normalized spacial score (nSPS) is 32.6. The third kappa shape index (κ3) is 3.93. The number of ether oxygens (including phenoxy) is 1. The van der Waals surface area contributed by atoms with Gasteiger partial charge in [-0.1, -0.05) is 33.6 Å². The van der Waals surface area contributed by atoms with Gasteiger partial charge in [0.1, 0.15) is 0 Å². The van der Waals surface area contributed by atoms with Crippen LogP contribution in [0.25, 0.3) is 0 Å². The Labute approximate surface area is 116 Å². The maximum absolute atomic E-state index is 12.2. The third-order valence-corrected chi connectivity index (χ3v) is 4.62. The lowest BCUT2D eigenvalue weighted by Crippen LogP contribution is -2.42. The molecule has 0 aliphatic carbocycles. The molecular formula is C15H29NO3. The molecule has 1 rings (SSSR count). The molecule has 5 atom stereocenters. The molecule has 1 amide bonds. The van der Waals surface area contributed by atoms with Gasteiger partial charge in [0.15, 0.2) is 0 Å². The highest BCUT2D eigenvalue weighted by Crippen LogP contribution is 2.32. The molecule has 2 N–H and O–H groups in total. The Morgan fingerprint density at radius 3 is 2.21 bits per heavy atom. The lowest BCUT2D eigenvalue weighted by molar-refractivity contribution is -0.127. The van der Waals surface area contributed by atoms with Crippen molar-refractivity contribution in [3.8, 4) is 0 Å². The summed E-state index contributed by atoms with van der Waals surface area (Å²) in [6.45, 7) is 10.5. The maximum Gasteiger partial charge on any atom is 0.226 e. The van der Waals surface area contributed by atoms with Gasteiger partial charge in [-0.3, -0.25) is 4.79 Å². The van der Waals surface area contributed by atoms with Crippen molar-refractivity contribution in [2.24, 2.45) is 17.8 Å². The standard InChI is InChI=1S/C15H29NO3/c1-6-12(7-2)13(17)8-16-15(18)14-9(3)10(4)19-11(14)5/h9-14,17H,6-8H2,1-5H3,(H,16,18). The quantitative estimate of drug-likeness (QED) is 0.776. The summed E-state index contributed by atoms with van der Waals surface area (Å²) >= 11 is 0. The van der Waals surface area contributed by atoms with E-state index in [1.807, 2.05) is 13.8 Å². The van der Waals surface area contributed by atoms with Crippen LogP contribution in [0.1, 0.15) is 47.5 Å². The Morgan fingerprint density at radius 2 is 1.79 bits per heavy atom. The monoisotopic (exact) mass is 271 g/mol. The van der Waals surface area contributed by atoms with E-state index < -0.39 is 6.10 Å². The lowest BCUT2D eigenvalue weighted by atomic mass is 9.88. The topological polar surface area (TPSA) is 58.6 Å². The van der Waals surface area contributed by atoms with E-state index in [-0.39, 0.29) is 35.9 Å². The number of aliphatic hydroxyl groups excluding tert-OH is 1. The van der Waals surface area contributed by atoms with E-state index in [1.54, 1.807) is 0 Å². The molecule has 5 unspecified atom stereocenters. The van der Waals surface area contributed by atoms with Crippen molar-refractivity contribution in [1.29, 1.82) is 0 Å². The molecule has 0 aromatic heterocycles. The van der Waals surface area contributed by atoms with Crippen LogP contribution in [0.5, 0.6) is 0 Å². The minimum atomic E-state index is -0.454. The van der Waals surface area contributed by atoms with Crippen LogP contribution in [0.3, 0.4) is 0 Å². The lowest BCUT2D eigenvalue weighted by Gasteiger charge is -2.23. The second-order valence-electron chi connectivity index (χ2n) is 5.82. The van der Waals surface area contributed by atoms with Crippen molar-refractivity contribution in [2.75, 3.05) is 6.54 Å². The molecule has 4 nitrogen and oxygen atoms in total. The van der Waals surface area contributed by atoms with E-state index in [0.29, 0.717) is 6.54 Å². The first-order valence-electron chi connectivity index (χ1n) is 7.53. The molecule has 0 aromatic carbocycles. The summed E-state index contributed by atoms with van der Waals surface area (Å²) in [5, 5.41) is 12.9. The predicted molar refractivity (Wildman–Crippen MR) is 75.8 cm³/mol. The van der Waals surface area contributed by atoms with Crippen LogP contribution in [0.4, 0.5) is 0 Å². The van der Waals surface area contributed by atoms with Crippen molar-refractivity contribution < 1.29 is 14.6 Å². The molecule has 0 bridgehead atoms. The van der Waals surface area contributed by atoms with Crippen molar-refractivity contribution in [3.05, 3.63) is 0 Å². The molecule has 19 heavy (non-hydrogen) atoms. The number of nitrogens with one attached hydrogen (secondary N) is 1. The maximum atomic E-state index is 12.2. The minimum Gasteiger partial charge on any atom is -0.391 e. The van der Waals surface area contributed by atoms with Gasteiger partial charge in [0.2, 0.25) is 5.91 Å². The van der Waals surface area contributed by atoms with Crippen LogP contribution in [0.15, 0.2) is 0 Å². The van der Waals surface area contributed by atoms with E-state index >= 15 is 0 Å². The fourth-order valence-corrected chi connectivity index (χ4v) is 3.04. The molecule has 1 fully saturated rings. The van der Waals surface area contributed by atoms with Crippen LogP contribution >= 0.6 is 0 Å². The molecule has 0 spiro atoms. The number of carbonyl (C=O) groups excluding carboxylic acids is 1. The molecule has 4 heteroatoms. The number of aliphatic hydroxyl groups is 1. The van der Waals surface area contributed by atoms with E-state index in [4.69, 9.17) is 4.74 Å². The Hall–Kier alpha value is -0.610. The second-order valence-corrected chi connectivity index (χ2v) is 5.82. The number of hydrogen-bond acceptors (Lipinski definition) is 3. The largest absolute Gasteiger partial charge is 0.391 e. The zero-order valence-electron chi connectivity index (χ0n) is 12.8. The number of hydrogen-bond donors (Lipinski definition) is 2. The van der Waals surface area contributed by atoms with Crippen LogP contribution in [0, 0.1) is 17.8 Å². The Balaban J connectivity index is 2.47. The second kappa shape index (κ2) is 7.25. The number of carbonyl (C=O) groups is 1. The number of amides is 1. The fourth-order valence-electron chi connectivity index (χ4n) is 3.04. The van der Waals surface area contributed by atoms with Crippen LogP contribution in [0.2, 0.25) is 0 Å². The van der Waals surface area contributed by atoms with Gasteiger partial charge in [-0.2, -0.15) is 0 Å². The summed E-state index contributed by atoms with van der Waals surface area (Å²) in [6, 6.07) is 0. The Morgan fingerprint density at radius 1 is 1.21 bits per heavy atom. The number of rotatable bonds is 6. The molecular weight excluding hydrogens is 242 g/mol. The van der Waals surface area contributed by atoms with E-state index in [0.717, 1.165) is 12.8 Å². The van der Waals surface area contributed by atoms with Crippen LogP contribution in [-0.4, -0.2) is 35.9 Å². The van der Waals surface area contributed by atoms with Gasteiger partial charge >= 0.3 is 0 Å². The zero-order valence-corrected chi connectivity index (χ0v) is 12.8. The fraction of sp³-hybridized carbons (Fsp3) is 0.933. The summed E-state index contributed by atoms with van der Waals surface area (Å²) in [7, 11) is 0. The molecule has 0 saturated carbocycles. The average molecular weight is 271 g/mol. The molecule has 1 aliphatic rings. The van der Waals surface area contributed by atoms with Crippen LogP contribution < -0.4 is 5.32 Å². The van der Waals surface area contributed by atoms with Gasteiger partial charge < -0.3 is 15.2 Å². The van der Waals surface area contributed by atoms with E-state index in [2.05, 4.69) is 26.1 Å². The van der Waals surface area contributed by atoms with Crippen molar-refractivity contribution >= 4 is 5.91 Å². The molecule has 1 aliphatic heterocycles. The first kappa shape index (κ1) is 16.4. The molecule has 1 saturated heterocycles. The zero-order chi connectivity index (χ0) is 14.6. The Kier molecular flexibility index (Phi) is 6.27. The average Bonchev–Trinajstić information content (AvgIpc) is 2.62. The molecule has 112 valence electrons. The summed E-state index contributed by atoms with van der Waals surface area (Å²) in [5.41, 5.74) is 0. The summed E-state index contributed by atoms with van der Waals surface area (Å²) in [4.78, 5) is 12.2. The first-order valence-corrected chi connectivity index (χ1v) is 7.53. The highest BCUT2D eigenvalue weighted by molar-refractivity contribution is 5.79. The van der Waals surface area contributed by atoms with E-state index in [9.17, 15) is 9.90 Å². The smallest absolute Gasteiger partial charge is 0.226 e. The van der Waals surface area contributed by atoms with Gasteiger partial charge in [-0.05, 0) is 25.7 Å². The summed E-state index contributed by atoms with van der Waals surface area (Å²) < 4.78 is 5.68. The van der Waals surface area contributed by atoms with Crippen molar-refractivity contribution in [1.82, 2.24) is 5.32 Å². The predicted octanol–water partition coefficient (Wildman–Crippen LogP) is 1.96. The van der Waals surface area contributed by atoms with Gasteiger partial charge in [-0.25, -0.2) is 0 Å². The summed E-state index contributed by atoms with van der Waals surface area (Å²) in [5.74, 6) is 0.382. The SMILES string of the molecule is CCC(CC)C(O)CNC(=O)C1C(C)OC(C)C1C. The molecule has 1 heterocycles. The third-order valence-electron chi connectivity index (χ3n) is 4.62. The minimum absolute atomic E-state index is 0.00866. The van der Waals surface area contributed by atoms with Crippen molar-refractivity contribution in [3.63, 3.8) is 0 Å². The van der Waals surface area contributed by atoms with E-state index in [1.165, 1.54) is 0 Å². The summed E-state index contributed by atoms with van der Waals surface area (Å²) in [6.07, 6.45) is 1.49. The van der Waals surface area contributed by atoms with Crippen molar-refractivity contribution in [2.45, 2.75) is 65.8 Å².